The van der Waals surface area contributed by atoms with E-state index in [9.17, 15) is 13.2 Å². The molecule has 0 unspecified atom stereocenters. The molecule has 16 heavy (non-hydrogen) atoms. The van der Waals surface area contributed by atoms with Crippen LogP contribution in [0.4, 0.5) is 18.9 Å². The Morgan fingerprint density at radius 1 is 1.12 bits per heavy atom. The predicted molar refractivity (Wildman–Crippen MR) is 55.8 cm³/mol. The SMILES string of the molecule is Cl.NC(N)=Nc1ccc(OC(F)(F)F)cc1. The number of nitrogens with two attached hydrogens (primary N) is 2. The maximum absolute atomic E-state index is 11.8. The van der Waals surface area contributed by atoms with Crippen LogP contribution in [0.1, 0.15) is 0 Å². The van der Waals surface area contributed by atoms with Gasteiger partial charge in [-0.3, -0.25) is 0 Å². The molecule has 0 amide bonds. The van der Waals surface area contributed by atoms with Gasteiger partial charge in [-0.05, 0) is 24.3 Å². The first-order chi connectivity index (χ1) is 6.87. The van der Waals surface area contributed by atoms with E-state index in [2.05, 4.69) is 9.73 Å². The molecular formula is C8H9ClF3N3O. The molecule has 1 aromatic carbocycles. The van der Waals surface area contributed by atoms with Crippen LogP contribution in [0.5, 0.6) is 5.75 Å². The van der Waals surface area contributed by atoms with Crippen LogP contribution in [0, 0.1) is 0 Å². The van der Waals surface area contributed by atoms with Crippen LogP contribution in [-0.4, -0.2) is 12.3 Å². The second-order valence-corrected chi connectivity index (χ2v) is 2.58. The van der Waals surface area contributed by atoms with E-state index in [1.54, 1.807) is 0 Å². The van der Waals surface area contributed by atoms with Crippen molar-refractivity contribution >= 4 is 24.1 Å². The number of rotatable bonds is 2. The third kappa shape index (κ3) is 5.30. The molecule has 4 nitrogen and oxygen atoms in total. The number of guanidine groups is 1. The normalized spacial score (nSPS) is 10.2. The lowest BCUT2D eigenvalue weighted by molar-refractivity contribution is -0.274. The van der Waals surface area contributed by atoms with Gasteiger partial charge in [0.15, 0.2) is 5.96 Å². The molecule has 1 aromatic rings. The molecule has 0 atom stereocenters. The Labute approximate surface area is 95.5 Å². The topological polar surface area (TPSA) is 73.6 Å². The van der Waals surface area contributed by atoms with Crippen molar-refractivity contribution < 1.29 is 17.9 Å². The van der Waals surface area contributed by atoms with Crippen molar-refractivity contribution in [1.29, 1.82) is 0 Å². The molecule has 4 N–H and O–H groups in total. The lowest BCUT2D eigenvalue weighted by atomic mass is 10.3. The summed E-state index contributed by atoms with van der Waals surface area (Å²) in [5.74, 6) is -0.489. The van der Waals surface area contributed by atoms with Crippen LogP contribution < -0.4 is 16.2 Å². The zero-order valence-electron chi connectivity index (χ0n) is 7.86. The van der Waals surface area contributed by atoms with Crippen molar-refractivity contribution in [3.63, 3.8) is 0 Å². The molecule has 90 valence electrons. The molecule has 1 rings (SSSR count). The Morgan fingerprint density at radius 2 is 1.62 bits per heavy atom. The number of ether oxygens (including phenoxy) is 1. The number of alkyl halides is 3. The molecule has 0 aliphatic heterocycles. The molecule has 0 heterocycles. The van der Waals surface area contributed by atoms with Crippen LogP contribution in [0.3, 0.4) is 0 Å². The fraction of sp³-hybridized carbons (Fsp3) is 0.125. The van der Waals surface area contributed by atoms with Gasteiger partial charge in [0.2, 0.25) is 0 Å². The minimum atomic E-state index is -4.70. The second-order valence-electron chi connectivity index (χ2n) is 2.58. The van der Waals surface area contributed by atoms with Crippen LogP contribution in [0.15, 0.2) is 29.3 Å². The van der Waals surface area contributed by atoms with E-state index in [4.69, 9.17) is 11.5 Å². The van der Waals surface area contributed by atoms with Gasteiger partial charge in [-0.25, -0.2) is 4.99 Å². The molecule has 0 aromatic heterocycles. The lowest BCUT2D eigenvalue weighted by Crippen LogP contribution is -2.21. The van der Waals surface area contributed by atoms with Crippen molar-refractivity contribution in [2.75, 3.05) is 0 Å². The number of aliphatic imine (C=N–C) groups is 1. The highest BCUT2D eigenvalue weighted by Crippen LogP contribution is 2.24. The van der Waals surface area contributed by atoms with E-state index in [1.807, 2.05) is 0 Å². The summed E-state index contributed by atoms with van der Waals surface area (Å²) < 4.78 is 38.9. The Balaban J connectivity index is 0.00000225. The summed E-state index contributed by atoms with van der Waals surface area (Å²) in [4.78, 5) is 3.63. The average molecular weight is 256 g/mol. The van der Waals surface area contributed by atoms with Crippen LogP contribution in [-0.2, 0) is 0 Å². The van der Waals surface area contributed by atoms with E-state index >= 15 is 0 Å². The average Bonchev–Trinajstić information content (AvgIpc) is 2.05. The van der Waals surface area contributed by atoms with Gasteiger partial charge in [-0.2, -0.15) is 0 Å². The van der Waals surface area contributed by atoms with Crippen molar-refractivity contribution in [3.05, 3.63) is 24.3 Å². The van der Waals surface area contributed by atoms with Gasteiger partial charge in [0.25, 0.3) is 0 Å². The number of nitrogens with zero attached hydrogens (tertiary/aromatic N) is 1. The van der Waals surface area contributed by atoms with Gasteiger partial charge in [0.1, 0.15) is 5.75 Å². The zero-order chi connectivity index (χ0) is 11.5. The third-order valence-electron chi connectivity index (χ3n) is 1.33. The van der Waals surface area contributed by atoms with Crippen molar-refractivity contribution in [2.24, 2.45) is 16.5 Å². The van der Waals surface area contributed by atoms with Gasteiger partial charge >= 0.3 is 6.36 Å². The Morgan fingerprint density at radius 3 is 2.00 bits per heavy atom. The summed E-state index contributed by atoms with van der Waals surface area (Å²) in [6.45, 7) is 0. The summed E-state index contributed by atoms with van der Waals surface area (Å²) >= 11 is 0. The van der Waals surface area contributed by atoms with Crippen molar-refractivity contribution in [2.45, 2.75) is 6.36 Å². The maximum Gasteiger partial charge on any atom is 0.573 e. The summed E-state index contributed by atoms with van der Waals surface area (Å²) in [6.07, 6.45) is -4.70. The van der Waals surface area contributed by atoms with E-state index in [1.165, 1.54) is 12.1 Å². The zero-order valence-corrected chi connectivity index (χ0v) is 8.68. The molecule has 0 aliphatic rings. The van der Waals surface area contributed by atoms with Crippen LogP contribution in [0.2, 0.25) is 0 Å². The summed E-state index contributed by atoms with van der Waals surface area (Å²) in [5.41, 5.74) is 10.5. The number of hydrogen-bond donors (Lipinski definition) is 2. The first kappa shape index (κ1) is 14.4. The van der Waals surface area contributed by atoms with E-state index < -0.39 is 6.36 Å². The minimum absolute atomic E-state index is 0. The highest BCUT2D eigenvalue weighted by Gasteiger charge is 2.30. The molecular weight excluding hydrogens is 247 g/mol. The number of benzene rings is 1. The van der Waals surface area contributed by atoms with E-state index in [0.29, 0.717) is 5.69 Å². The molecule has 0 spiro atoms. The van der Waals surface area contributed by atoms with Gasteiger partial charge in [0.05, 0.1) is 5.69 Å². The fourth-order valence-electron chi connectivity index (χ4n) is 0.871. The Bertz CT molecular complexity index is 360. The second kappa shape index (κ2) is 5.45. The highest BCUT2D eigenvalue weighted by atomic mass is 35.5. The van der Waals surface area contributed by atoms with E-state index in [-0.39, 0.29) is 24.1 Å². The summed E-state index contributed by atoms with van der Waals surface area (Å²) in [7, 11) is 0. The molecule has 0 radical (unpaired) electrons. The maximum atomic E-state index is 11.8. The van der Waals surface area contributed by atoms with Crippen LogP contribution >= 0.6 is 12.4 Å². The molecule has 0 saturated heterocycles. The first-order valence-electron chi connectivity index (χ1n) is 3.82. The Hall–Kier alpha value is -1.63. The van der Waals surface area contributed by atoms with Crippen molar-refractivity contribution in [3.8, 4) is 5.75 Å². The fourth-order valence-corrected chi connectivity index (χ4v) is 0.871. The first-order valence-corrected chi connectivity index (χ1v) is 3.82. The van der Waals surface area contributed by atoms with Gasteiger partial charge < -0.3 is 16.2 Å². The van der Waals surface area contributed by atoms with Gasteiger partial charge in [0, 0.05) is 0 Å². The smallest absolute Gasteiger partial charge is 0.406 e. The van der Waals surface area contributed by atoms with Crippen LogP contribution in [0.25, 0.3) is 0 Å². The van der Waals surface area contributed by atoms with E-state index in [0.717, 1.165) is 12.1 Å². The monoisotopic (exact) mass is 255 g/mol. The third-order valence-corrected chi connectivity index (χ3v) is 1.33. The highest BCUT2D eigenvalue weighted by molar-refractivity contribution is 5.85. The molecule has 0 aliphatic carbocycles. The number of halogens is 4. The lowest BCUT2D eigenvalue weighted by Gasteiger charge is -2.08. The largest absolute Gasteiger partial charge is 0.573 e. The molecule has 0 fully saturated rings. The molecule has 8 heteroatoms. The molecule has 0 saturated carbocycles. The summed E-state index contributed by atoms with van der Waals surface area (Å²) in [5, 5.41) is 0. The summed E-state index contributed by atoms with van der Waals surface area (Å²) in [6, 6.07) is 4.85. The quantitative estimate of drug-likeness (QED) is 0.626. The van der Waals surface area contributed by atoms with Gasteiger partial charge in [-0.1, -0.05) is 0 Å². The minimum Gasteiger partial charge on any atom is -0.406 e. The Kier molecular flexibility index (Phi) is 4.90. The number of hydrogen-bond acceptors (Lipinski definition) is 2. The standard InChI is InChI=1S/C8H8F3N3O.ClH/c9-8(10,11)15-6-3-1-5(2-4-6)14-7(12)13;/h1-4H,(H4,12,13,14);1H. The molecule has 0 bridgehead atoms. The van der Waals surface area contributed by atoms with Gasteiger partial charge in [-0.15, -0.1) is 25.6 Å². The van der Waals surface area contributed by atoms with Crippen molar-refractivity contribution in [1.82, 2.24) is 0 Å². The predicted octanol–water partition coefficient (Wildman–Crippen LogP) is 1.91.